The van der Waals surface area contributed by atoms with E-state index in [9.17, 15) is 4.79 Å². The maximum absolute atomic E-state index is 12.4. The van der Waals surface area contributed by atoms with E-state index >= 15 is 0 Å². The number of thioether (sulfide) groups is 1. The fourth-order valence-electron chi connectivity index (χ4n) is 3.24. The van der Waals surface area contributed by atoms with E-state index in [0.29, 0.717) is 6.04 Å². The van der Waals surface area contributed by atoms with Gasteiger partial charge in [0.2, 0.25) is 5.91 Å². The third kappa shape index (κ3) is 3.02. The van der Waals surface area contributed by atoms with E-state index in [1.54, 1.807) is 0 Å². The van der Waals surface area contributed by atoms with Crippen LogP contribution in [0.1, 0.15) is 52.4 Å². The number of nitrogens with one attached hydrogen (secondary N) is 2. The molecule has 1 amide bonds. The highest BCUT2D eigenvalue weighted by molar-refractivity contribution is 7.99. The summed E-state index contributed by atoms with van der Waals surface area (Å²) in [6.45, 7) is 5.31. The molecular weight excluding hydrogens is 244 g/mol. The molecule has 0 aromatic heterocycles. The second-order valence-electron chi connectivity index (χ2n) is 5.53. The van der Waals surface area contributed by atoms with Gasteiger partial charge in [0, 0.05) is 11.3 Å². The van der Waals surface area contributed by atoms with Gasteiger partial charge in [-0.2, -0.15) is 11.8 Å². The van der Waals surface area contributed by atoms with Gasteiger partial charge in [-0.25, -0.2) is 0 Å². The van der Waals surface area contributed by atoms with Crippen molar-refractivity contribution in [2.45, 2.75) is 69.2 Å². The summed E-state index contributed by atoms with van der Waals surface area (Å²) in [5.41, 5.74) is -0.268. The molecule has 1 saturated heterocycles. The van der Waals surface area contributed by atoms with Crippen molar-refractivity contribution in [3.05, 3.63) is 0 Å². The zero-order valence-electron chi connectivity index (χ0n) is 11.6. The molecule has 0 radical (unpaired) electrons. The summed E-state index contributed by atoms with van der Waals surface area (Å²) < 4.78 is 0. The number of hydrogen-bond donors (Lipinski definition) is 2. The molecule has 0 bridgehead atoms. The predicted molar refractivity (Wildman–Crippen MR) is 78.0 cm³/mol. The molecule has 3 nitrogen and oxygen atoms in total. The summed E-state index contributed by atoms with van der Waals surface area (Å²) in [5, 5.41) is 7.46. The van der Waals surface area contributed by atoms with Crippen LogP contribution >= 0.6 is 11.8 Å². The van der Waals surface area contributed by atoms with Gasteiger partial charge < -0.3 is 10.6 Å². The fraction of sp³-hybridized carbons (Fsp3) is 0.929. The fourth-order valence-corrected chi connectivity index (χ4v) is 4.39. The molecule has 1 aliphatic carbocycles. The average molecular weight is 270 g/mol. The largest absolute Gasteiger partial charge is 0.352 e. The monoisotopic (exact) mass is 270 g/mol. The van der Waals surface area contributed by atoms with E-state index in [0.717, 1.165) is 43.9 Å². The van der Waals surface area contributed by atoms with Crippen molar-refractivity contribution in [2.24, 2.45) is 0 Å². The third-order valence-electron chi connectivity index (χ3n) is 4.40. The quantitative estimate of drug-likeness (QED) is 0.805. The maximum atomic E-state index is 12.4. The van der Waals surface area contributed by atoms with Crippen LogP contribution in [0.3, 0.4) is 0 Å². The van der Waals surface area contributed by atoms with Gasteiger partial charge in [-0.3, -0.25) is 4.79 Å². The Hall–Kier alpha value is -0.220. The smallest absolute Gasteiger partial charge is 0.240 e. The molecule has 1 aliphatic heterocycles. The topological polar surface area (TPSA) is 41.1 Å². The van der Waals surface area contributed by atoms with Crippen LogP contribution in [0.15, 0.2) is 0 Å². The van der Waals surface area contributed by atoms with E-state index in [4.69, 9.17) is 0 Å². The van der Waals surface area contributed by atoms with Crippen LogP contribution in [0, 0.1) is 0 Å². The Labute approximate surface area is 115 Å². The highest BCUT2D eigenvalue weighted by Gasteiger charge is 2.40. The molecular formula is C14H26N2OS. The Bertz CT molecular complexity index is 290. The molecule has 4 heteroatoms. The molecule has 2 N–H and O–H groups in total. The summed E-state index contributed by atoms with van der Waals surface area (Å²) in [5.74, 6) is 1.43. The minimum atomic E-state index is -0.268. The molecule has 0 aromatic rings. The van der Waals surface area contributed by atoms with Crippen molar-refractivity contribution >= 4 is 17.7 Å². The summed E-state index contributed by atoms with van der Waals surface area (Å²) in [4.78, 5) is 12.4. The average Bonchev–Trinajstić information content (AvgIpc) is 2.99. The zero-order chi connectivity index (χ0) is 13.0. The zero-order valence-corrected chi connectivity index (χ0v) is 12.4. The van der Waals surface area contributed by atoms with E-state index in [1.807, 2.05) is 11.8 Å². The van der Waals surface area contributed by atoms with Crippen LogP contribution in [-0.4, -0.2) is 35.0 Å². The SMILES string of the molecule is CCSC1CCC(NC(=O)C2(CC)CCCN2)C1. The molecule has 1 saturated carbocycles. The normalized spacial score (nSPS) is 35.9. The molecule has 18 heavy (non-hydrogen) atoms. The standard InChI is InChI=1S/C14H26N2OS/c1-3-14(8-5-9-15-14)13(17)16-11-6-7-12(10-11)18-4-2/h11-12,15H,3-10H2,1-2H3,(H,16,17). The van der Waals surface area contributed by atoms with Crippen molar-refractivity contribution in [2.75, 3.05) is 12.3 Å². The van der Waals surface area contributed by atoms with Crippen LogP contribution < -0.4 is 10.6 Å². The second-order valence-corrected chi connectivity index (χ2v) is 7.10. The summed E-state index contributed by atoms with van der Waals surface area (Å²) in [6, 6.07) is 0.410. The van der Waals surface area contributed by atoms with Gasteiger partial charge in [-0.1, -0.05) is 13.8 Å². The van der Waals surface area contributed by atoms with Crippen LogP contribution in [0.4, 0.5) is 0 Å². The van der Waals surface area contributed by atoms with E-state index in [1.165, 1.54) is 12.2 Å². The molecule has 0 spiro atoms. The molecule has 3 atom stereocenters. The Morgan fingerprint density at radius 3 is 2.89 bits per heavy atom. The number of rotatable bonds is 5. The minimum absolute atomic E-state index is 0.245. The lowest BCUT2D eigenvalue weighted by Crippen LogP contribution is -2.55. The van der Waals surface area contributed by atoms with Gasteiger partial charge in [0.15, 0.2) is 0 Å². The van der Waals surface area contributed by atoms with Crippen LogP contribution in [0.5, 0.6) is 0 Å². The second kappa shape index (κ2) is 6.29. The number of carbonyl (C=O) groups is 1. The highest BCUT2D eigenvalue weighted by atomic mass is 32.2. The van der Waals surface area contributed by atoms with Gasteiger partial charge in [0.1, 0.15) is 0 Å². The Morgan fingerprint density at radius 1 is 1.44 bits per heavy atom. The highest BCUT2D eigenvalue weighted by Crippen LogP contribution is 2.31. The maximum Gasteiger partial charge on any atom is 0.240 e. The molecule has 2 aliphatic rings. The molecule has 0 aromatic carbocycles. The summed E-state index contributed by atoms with van der Waals surface area (Å²) >= 11 is 2.04. The number of amides is 1. The van der Waals surface area contributed by atoms with Crippen molar-refractivity contribution in [1.82, 2.24) is 10.6 Å². The van der Waals surface area contributed by atoms with Crippen LogP contribution in [-0.2, 0) is 4.79 Å². The first kappa shape index (κ1) is 14.2. The van der Waals surface area contributed by atoms with Gasteiger partial charge in [-0.15, -0.1) is 0 Å². The van der Waals surface area contributed by atoms with Gasteiger partial charge in [-0.05, 0) is 50.8 Å². The number of hydrogen-bond acceptors (Lipinski definition) is 3. The van der Waals surface area contributed by atoms with Gasteiger partial charge in [0.05, 0.1) is 5.54 Å². The van der Waals surface area contributed by atoms with Crippen molar-refractivity contribution in [3.8, 4) is 0 Å². The lowest BCUT2D eigenvalue weighted by Gasteiger charge is -2.28. The first-order valence-electron chi connectivity index (χ1n) is 7.38. The minimum Gasteiger partial charge on any atom is -0.352 e. The van der Waals surface area contributed by atoms with E-state index in [-0.39, 0.29) is 11.4 Å². The van der Waals surface area contributed by atoms with Crippen LogP contribution in [0.25, 0.3) is 0 Å². The molecule has 104 valence electrons. The Balaban J connectivity index is 1.84. The van der Waals surface area contributed by atoms with Gasteiger partial charge >= 0.3 is 0 Å². The Morgan fingerprint density at radius 2 is 2.28 bits per heavy atom. The number of carbonyl (C=O) groups excluding carboxylic acids is 1. The molecule has 3 unspecified atom stereocenters. The van der Waals surface area contributed by atoms with E-state index in [2.05, 4.69) is 24.5 Å². The molecule has 1 heterocycles. The summed E-state index contributed by atoms with van der Waals surface area (Å²) in [6.07, 6.45) is 6.59. The Kier molecular flexibility index (Phi) is 4.96. The van der Waals surface area contributed by atoms with Crippen molar-refractivity contribution in [1.29, 1.82) is 0 Å². The third-order valence-corrected chi connectivity index (χ3v) is 5.64. The lowest BCUT2D eigenvalue weighted by molar-refractivity contribution is -0.128. The first-order valence-corrected chi connectivity index (χ1v) is 8.42. The molecule has 2 fully saturated rings. The predicted octanol–water partition coefficient (Wildman–Crippen LogP) is 2.31. The summed E-state index contributed by atoms with van der Waals surface area (Å²) in [7, 11) is 0. The molecule has 2 rings (SSSR count). The van der Waals surface area contributed by atoms with Crippen molar-refractivity contribution in [3.63, 3.8) is 0 Å². The van der Waals surface area contributed by atoms with Gasteiger partial charge in [0.25, 0.3) is 0 Å². The van der Waals surface area contributed by atoms with Crippen molar-refractivity contribution < 1.29 is 4.79 Å². The van der Waals surface area contributed by atoms with E-state index < -0.39 is 0 Å². The van der Waals surface area contributed by atoms with Crippen LogP contribution in [0.2, 0.25) is 0 Å². The lowest BCUT2D eigenvalue weighted by atomic mass is 9.92. The first-order chi connectivity index (χ1) is 8.70.